The van der Waals surface area contributed by atoms with Crippen molar-refractivity contribution in [3.63, 3.8) is 0 Å². The van der Waals surface area contributed by atoms with Crippen molar-refractivity contribution in [2.24, 2.45) is 0 Å². The van der Waals surface area contributed by atoms with Crippen LogP contribution in [0.5, 0.6) is 5.75 Å². The second-order valence-electron chi connectivity index (χ2n) is 8.32. The molecule has 0 saturated heterocycles. The lowest BCUT2D eigenvalue weighted by Gasteiger charge is -2.17. The molecule has 178 valence electrons. The number of amides is 2. The van der Waals surface area contributed by atoms with Crippen LogP contribution in [0.3, 0.4) is 0 Å². The minimum absolute atomic E-state index is 0.0127. The Morgan fingerprint density at radius 2 is 1.79 bits per heavy atom. The van der Waals surface area contributed by atoms with Gasteiger partial charge in [0.15, 0.2) is 9.84 Å². The summed E-state index contributed by atoms with van der Waals surface area (Å²) in [6.07, 6.45) is 2.18. The van der Waals surface area contributed by atoms with E-state index in [1.165, 1.54) is 19.2 Å². The van der Waals surface area contributed by atoms with Crippen LogP contribution in [0, 0.1) is 0 Å². The molecule has 0 aromatic heterocycles. The fourth-order valence-electron chi connectivity index (χ4n) is 4.23. The van der Waals surface area contributed by atoms with Crippen LogP contribution in [-0.4, -0.2) is 39.6 Å². The van der Waals surface area contributed by atoms with Gasteiger partial charge in [0.2, 0.25) is 5.91 Å². The van der Waals surface area contributed by atoms with Gasteiger partial charge in [-0.3, -0.25) is 9.59 Å². The minimum atomic E-state index is -3.49. The predicted octanol–water partition coefficient (Wildman–Crippen LogP) is 4.80. The molecule has 1 aliphatic heterocycles. The third-order valence-electron chi connectivity index (χ3n) is 6.03. The molecular formula is C26H28N2O5S. The van der Waals surface area contributed by atoms with Gasteiger partial charge in [-0.05, 0) is 55.3 Å². The Morgan fingerprint density at radius 1 is 1.03 bits per heavy atom. The number of anilines is 2. The van der Waals surface area contributed by atoms with E-state index < -0.39 is 9.84 Å². The number of hydrogen-bond acceptors (Lipinski definition) is 5. The number of nitrogens with one attached hydrogen (secondary N) is 1. The fourth-order valence-corrected chi connectivity index (χ4v) is 5.54. The van der Waals surface area contributed by atoms with Crippen molar-refractivity contribution in [1.29, 1.82) is 0 Å². The van der Waals surface area contributed by atoms with Crippen LogP contribution in [-0.2, 0) is 14.6 Å². The Balaban J connectivity index is 1.44. The summed E-state index contributed by atoms with van der Waals surface area (Å²) in [6.45, 7) is 2.75. The van der Waals surface area contributed by atoms with Crippen molar-refractivity contribution in [1.82, 2.24) is 0 Å². The first-order valence-corrected chi connectivity index (χ1v) is 13.0. The number of methoxy groups -OCH3 is 1. The van der Waals surface area contributed by atoms with Gasteiger partial charge >= 0.3 is 0 Å². The molecule has 0 saturated carbocycles. The molecule has 34 heavy (non-hydrogen) atoms. The normalized spacial score (nSPS) is 12.9. The highest BCUT2D eigenvalue weighted by Crippen LogP contribution is 2.40. The first-order chi connectivity index (χ1) is 16.4. The van der Waals surface area contributed by atoms with E-state index in [1.807, 2.05) is 30.3 Å². The zero-order valence-electron chi connectivity index (χ0n) is 19.3. The number of carbonyl (C=O) groups is 2. The Bertz CT molecular complexity index is 1330. The van der Waals surface area contributed by atoms with E-state index in [2.05, 4.69) is 12.2 Å². The summed E-state index contributed by atoms with van der Waals surface area (Å²) in [5.41, 5.74) is 2.13. The van der Waals surface area contributed by atoms with Crippen LogP contribution in [0.1, 0.15) is 43.0 Å². The zero-order valence-corrected chi connectivity index (χ0v) is 20.2. The number of sulfone groups is 1. The maximum atomic E-state index is 12.9. The fraction of sp³-hybridized carbons (Fsp3) is 0.308. The van der Waals surface area contributed by atoms with Crippen molar-refractivity contribution >= 4 is 43.8 Å². The molecule has 8 heteroatoms. The third kappa shape index (κ3) is 4.63. The predicted molar refractivity (Wildman–Crippen MR) is 133 cm³/mol. The highest BCUT2D eigenvalue weighted by molar-refractivity contribution is 7.91. The Kier molecular flexibility index (Phi) is 6.88. The standard InChI is InChI=1S/C26H28N2O5S/c1-3-4-16-28-23-15-14-22(20-7-5-8-21(25(20)23)26(28)30)27-24(29)9-6-17-34(31,32)19-12-10-18(33-2)11-13-19/h5,7-8,10-15H,3-4,6,9,16-17H2,1-2H3,(H,27,29). The van der Waals surface area contributed by atoms with Gasteiger partial charge in [0.1, 0.15) is 5.75 Å². The van der Waals surface area contributed by atoms with Crippen molar-refractivity contribution < 1.29 is 22.7 Å². The van der Waals surface area contributed by atoms with Crippen molar-refractivity contribution in [2.75, 3.05) is 29.6 Å². The first kappa shape index (κ1) is 23.8. The average Bonchev–Trinajstić information content (AvgIpc) is 3.11. The Hall–Kier alpha value is -3.39. The highest BCUT2D eigenvalue weighted by Gasteiger charge is 2.30. The molecule has 0 fully saturated rings. The van der Waals surface area contributed by atoms with Crippen LogP contribution in [0.15, 0.2) is 59.5 Å². The van der Waals surface area contributed by atoms with Gasteiger partial charge in [0.25, 0.3) is 5.91 Å². The van der Waals surface area contributed by atoms with E-state index in [9.17, 15) is 18.0 Å². The van der Waals surface area contributed by atoms with E-state index in [4.69, 9.17) is 4.74 Å². The number of unbranched alkanes of at least 4 members (excludes halogenated alkanes) is 1. The van der Waals surface area contributed by atoms with E-state index in [-0.39, 0.29) is 35.3 Å². The summed E-state index contributed by atoms with van der Waals surface area (Å²) in [5.74, 6) is 0.176. The van der Waals surface area contributed by atoms with Gasteiger partial charge in [-0.2, -0.15) is 0 Å². The molecule has 3 aromatic rings. The van der Waals surface area contributed by atoms with Crippen LogP contribution in [0.25, 0.3) is 10.8 Å². The van der Waals surface area contributed by atoms with Crippen molar-refractivity contribution in [2.45, 2.75) is 37.5 Å². The van der Waals surface area contributed by atoms with Crippen molar-refractivity contribution in [3.05, 3.63) is 60.2 Å². The average molecular weight is 481 g/mol. The smallest absolute Gasteiger partial charge is 0.258 e. The van der Waals surface area contributed by atoms with E-state index in [0.717, 1.165) is 29.3 Å². The maximum absolute atomic E-state index is 12.9. The maximum Gasteiger partial charge on any atom is 0.258 e. The molecule has 0 spiro atoms. The van der Waals surface area contributed by atoms with E-state index in [1.54, 1.807) is 17.0 Å². The SMILES string of the molecule is CCCCN1C(=O)c2cccc3c(NC(=O)CCCS(=O)(=O)c4ccc(OC)cc4)ccc1c23. The van der Waals surface area contributed by atoms with Gasteiger partial charge in [0, 0.05) is 35.0 Å². The number of carbonyl (C=O) groups excluding carboxylic acids is 2. The lowest BCUT2D eigenvalue weighted by Crippen LogP contribution is -2.27. The number of nitrogens with zero attached hydrogens (tertiary/aromatic N) is 1. The van der Waals surface area contributed by atoms with Crippen LogP contribution in [0.2, 0.25) is 0 Å². The second kappa shape index (κ2) is 9.85. The molecular weight excluding hydrogens is 452 g/mol. The van der Waals surface area contributed by atoms with Gasteiger partial charge in [-0.15, -0.1) is 0 Å². The largest absolute Gasteiger partial charge is 0.497 e. The number of rotatable bonds is 10. The quantitative estimate of drug-likeness (QED) is 0.450. The summed E-state index contributed by atoms with van der Waals surface area (Å²) in [4.78, 5) is 27.5. The van der Waals surface area contributed by atoms with Crippen LogP contribution < -0.4 is 15.0 Å². The van der Waals surface area contributed by atoms with E-state index >= 15 is 0 Å². The van der Waals surface area contributed by atoms with Crippen molar-refractivity contribution in [3.8, 4) is 5.75 Å². The molecule has 0 unspecified atom stereocenters. The lowest BCUT2D eigenvalue weighted by atomic mass is 10.0. The van der Waals surface area contributed by atoms with E-state index in [0.29, 0.717) is 23.5 Å². The minimum Gasteiger partial charge on any atom is -0.497 e. The molecule has 1 aliphatic rings. The molecule has 1 heterocycles. The molecule has 2 amide bonds. The van der Waals surface area contributed by atoms with Crippen LogP contribution >= 0.6 is 0 Å². The highest BCUT2D eigenvalue weighted by atomic mass is 32.2. The van der Waals surface area contributed by atoms with Gasteiger partial charge in [-0.1, -0.05) is 25.5 Å². The number of benzene rings is 3. The molecule has 0 aliphatic carbocycles. The molecule has 4 rings (SSSR count). The molecule has 0 radical (unpaired) electrons. The van der Waals surface area contributed by atoms with Gasteiger partial charge in [0.05, 0.1) is 23.4 Å². The molecule has 3 aromatic carbocycles. The van der Waals surface area contributed by atoms with Crippen LogP contribution in [0.4, 0.5) is 11.4 Å². The summed E-state index contributed by atoms with van der Waals surface area (Å²) in [5, 5.41) is 4.56. The Morgan fingerprint density at radius 3 is 2.50 bits per heavy atom. The summed E-state index contributed by atoms with van der Waals surface area (Å²) < 4.78 is 30.2. The molecule has 7 nitrogen and oxygen atoms in total. The molecule has 0 atom stereocenters. The third-order valence-corrected chi connectivity index (χ3v) is 7.85. The molecule has 1 N–H and O–H groups in total. The summed E-state index contributed by atoms with van der Waals surface area (Å²) >= 11 is 0. The summed E-state index contributed by atoms with van der Waals surface area (Å²) in [7, 11) is -1.97. The topological polar surface area (TPSA) is 92.8 Å². The lowest BCUT2D eigenvalue weighted by molar-refractivity contribution is -0.116. The summed E-state index contributed by atoms with van der Waals surface area (Å²) in [6, 6.07) is 15.4. The Labute approximate surface area is 199 Å². The monoisotopic (exact) mass is 480 g/mol. The first-order valence-electron chi connectivity index (χ1n) is 11.4. The zero-order chi connectivity index (χ0) is 24.3. The number of ether oxygens (including phenoxy) is 1. The molecule has 0 bridgehead atoms. The second-order valence-corrected chi connectivity index (χ2v) is 10.4. The van der Waals surface area contributed by atoms with Gasteiger partial charge < -0.3 is 15.0 Å². The number of hydrogen-bond donors (Lipinski definition) is 1. The van der Waals surface area contributed by atoms with Gasteiger partial charge in [-0.25, -0.2) is 8.42 Å².